The van der Waals surface area contributed by atoms with Crippen LogP contribution in [-0.2, 0) is 0 Å². The normalized spacial score (nSPS) is 17.0. The van der Waals surface area contributed by atoms with E-state index in [0.29, 0.717) is 5.92 Å². The molecular formula is C20H23N5O. The van der Waals surface area contributed by atoms with Gasteiger partial charge in [-0.3, -0.25) is 4.98 Å². The first kappa shape index (κ1) is 16.7. The van der Waals surface area contributed by atoms with Crippen LogP contribution in [0.5, 0.6) is 0 Å². The predicted molar refractivity (Wildman–Crippen MR) is 105 cm³/mol. The van der Waals surface area contributed by atoms with Gasteiger partial charge >= 0.3 is 0 Å². The maximum Gasteiger partial charge on any atom is 0.157 e. The summed E-state index contributed by atoms with van der Waals surface area (Å²) in [5.74, 6) is 1.16. The fraction of sp³-hybridized carbons (Fsp3) is 0.350. The Labute approximate surface area is 153 Å². The second-order valence-corrected chi connectivity index (χ2v) is 6.98. The van der Waals surface area contributed by atoms with Gasteiger partial charge in [0.25, 0.3) is 0 Å². The standard InChI is InChI=1S/C20H23N5O/c1-24(2)16-5-3-15(4-6-16)17-11-18-19(22-9-8-21-18)20(23-17)25-10-7-14(12-25)13-26/h3-6,8-9,11,14,26H,7,10,12-13H2,1-2H3. The molecule has 1 saturated heterocycles. The molecule has 4 rings (SSSR count). The Kier molecular flexibility index (Phi) is 4.42. The summed E-state index contributed by atoms with van der Waals surface area (Å²) in [5, 5.41) is 9.47. The van der Waals surface area contributed by atoms with E-state index in [2.05, 4.69) is 44.0 Å². The highest BCUT2D eigenvalue weighted by molar-refractivity contribution is 5.89. The van der Waals surface area contributed by atoms with E-state index in [1.807, 2.05) is 20.2 Å². The zero-order valence-electron chi connectivity index (χ0n) is 15.1. The number of aliphatic hydroxyl groups is 1. The molecule has 1 N–H and O–H groups in total. The number of aromatic nitrogens is 3. The maximum absolute atomic E-state index is 9.47. The zero-order chi connectivity index (χ0) is 18.1. The summed E-state index contributed by atoms with van der Waals surface area (Å²) in [6.45, 7) is 1.90. The first-order valence-electron chi connectivity index (χ1n) is 8.91. The van der Waals surface area contributed by atoms with Gasteiger partial charge in [0.2, 0.25) is 0 Å². The molecule has 0 aliphatic carbocycles. The molecule has 0 bridgehead atoms. The van der Waals surface area contributed by atoms with E-state index < -0.39 is 0 Å². The number of nitrogens with zero attached hydrogens (tertiary/aromatic N) is 5. The van der Waals surface area contributed by atoms with Gasteiger partial charge in [-0.15, -0.1) is 0 Å². The van der Waals surface area contributed by atoms with Crippen LogP contribution in [0.3, 0.4) is 0 Å². The van der Waals surface area contributed by atoms with Crippen molar-refractivity contribution in [2.24, 2.45) is 5.92 Å². The molecule has 2 aromatic heterocycles. The second-order valence-electron chi connectivity index (χ2n) is 6.98. The van der Waals surface area contributed by atoms with Crippen molar-refractivity contribution in [2.45, 2.75) is 6.42 Å². The van der Waals surface area contributed by atoms with Gasteiger partial charge < -0.3 is 14.9 Å². The third-order valence-electron chi connectivity index (χ3n) is 4.96. The average molecular weight is 349 g/mol. The van der Waals surface area contributed by atoms with Crippen LogP contribution in [0.15, 0.2) is 42.7 Å². The average Bonchev–Trinajstić information content (AvgIpc) is 3.16. The largest absolute Gasteiger partial charge is 0.396 e. The molecule has 0 spiro atoms. The van der Waals surface area contributed by atoms with E-state index in [1.54, 1.807) is 12.4 Å². The molecule has 134 valence electrons. The van der Waals surface area contributed by atoms with Crippen molar-refractivity contribution in [3.8, 4) is 11.3 Å². The van der Waals surface area contributed by atoms with Crippen LogP contribution in [0, 0.1) is 5.92 Å². The molecule has 6 nitrogen and oxygen atoms in total. The molecule has 1 atom stereocenters. The number of pyridine rings is 1. The van der Waals surface area contributed by atoms with Crippen LogP contribution in [0.1, 0.15) is 6.42 Å². The molecule has 3 aromatic rings. The van der Waals surface area contributed by atoms with Crippen LogP contribution in [0.25, 0.3) is 22.3 Å². The van der Waals surface area contributed by atoms with E-state index in [9.17, 15) is 5.11 Å². The lowest BCUT2D eigenvalue weighted by atomic mass is 10.1. The lowest BCUT2D eigenvalue weighted by Gasteiger charge is -2.20. The highest BCUT2D eigenvalue weighted by Gasteiger charge is 2.25. The van der Waals surface area contributed by atoms with Gasteiger partial charge in [-0.05, 0) is 24.6 Å². The minimum absolute atomic E-state index is 0.214. The van der Waals surface area contributed by atoms with E-state index >= 15 is 0 Å². The minimum Gasteiger partial charge on any atom is -0.396 e. The number of aliphatic hydroxyl groups excluding tert-OH is 1. The molecular weight excluding hydrogens is 326 g/mol. The fourth-order valence-corrected chi connectivity index (χ4v) is 3.43. The van der Waals surface area contributed by atoms with Crippen molar-refractivity contribution in [1.29, 1.82) is 0 Å². The third-order valence-corrected chi connectivity index (χ3v) is 4.96. The number of benzene rings is 1. The van der Waals surface area contributed by atoms with Gasteiger partial charge in [0.1, 0.15) is 5.52 Å². The molecule has 0 saturated carbocycles. The van der Waals surface area contributed by atoms with Gasteiger partial charge in [-0.25, -0.2) is 9.97 Å². The SMILES string of the molecule is CN(C)c1ccc(-c2cc3nccnc3c(N3CCC(CO)C3)n2)cc1. The number of hydrogen-bond acceptors (Lipinski definition) is 6. The first-order chi connectivity index (χ1) is 12.7. The highest BCUT2D eigenvalue weighted by Crippen LogP contribution is 2.31. The van der Waals surface area contributed by atoms with Crippen molar-refractivity contribution < 1.29 is 5.11 Å². The minimum atomic E-state index is 0.214. The van der Waals surface area contributed by atoms with E-state index in [0.717, 1.165) is 53.3 Å². The summed E-state index contributed by atoms with van der Waals surface area (Å²) in [5.41, 5.74) is 4.77. The summed E-state index contributed by atoms with van der Waals surface area (Å²) in [7, 11) is 4.06. The van der Waals surface area contributed by atoms with Gasteiger partial charge in [0.05, 0.1) is 11.2 Å². The Morgan fingerprint density at radius 3 is 2.62 bits per heavy atom. The summed E-state index contributed by atoms with van der Waals surface area (Å²) in [4.78, 5) is 18.2. The van der Waals surface area contributed by atoms with Crippen LogP contribution in [0.4, 0.5) is 11.5 Å². The maximum atomic E-state index is 9.47. The van der Waals surface area contributed by atoms with E-state index in [1.165, 1.54) is 0 Å². The third kappa shape index (κ3) is 3.08. The Morgan fingerprint density at radius 2 is 1.92 bits per heavy atom. The molecule has 6 heteroatoms. The predicted octanol–water partition coefficient (Wildman–Crippen LogP) is 2.58. The molecule has 1 aliphatic rings. The quantitative estimate of drug-likeness (QED) is 0.781. The number of fused-ring (bicyclic) bond motifs is 1. The first-order valence-corrected chi connectivity index (χ1v) is 8.91. The van der Waals surface area contributed by atoms with Crippen LogP contribution in [0.2, 0.25) is 0 Å². The Morgan fingerprint density at radius 1 is 1.15 bits per heavy atom. The van der Waals surface area contributed by atoms with E-state index in [-0.39, 0.29) is 6.61 Å². The lowest BCUT2D eigenvalue weighted by Crippen LogP contribution is -2.22. The smallest absolute Gasteiger partial charge is 0.157 e. The van der Waals surface area contributed by atoms with Gasteiger partial charge in [0, 0.05) is 63.4 Å². The molecule has 1 unspecified atom stereocenters. The molecule has 0 radical (unpaired) electrons. The van der Waals surface area contributed by atoms with Crippen molar-refractivity contribution in [1.82, 2.24) is 15.0 Å². The fourth-order valence-electron chi connectivity index (χ4n) is 3.43. The molecule has 3 heterocycles. The summed E-state index contributed by atoms with van der Waals surface area (Å²) in [6.07, 6.45) is 4.39. The second kappa shape index (κ2) is 6.88. The Bertz CT molecular complexity index is 910. The molecule has 1 aliphatic heterocycles. The summed E-state index contributed by atoms with van der Waals surface area (Å²) >= 11 is 0. The number of anilines is 2. The van der Waals surface area contributed by atoms with Gasteiger partial charge in [0.15, 0.2) is 5.82 Å². The molecule has 1 aromatic carbocycles. The van der Waals surface area contributed by atoms with Crippen molar-refractivity contribution in [3.63, 3.8) is 0 Å². The van der Waals surface area contributed by atoms with E-state index in [4.69, 9.17) is 4.98 Å². The summed E-state index contributed by atoms with van der Waals surface area (Å²) < 4.78 is 0. The Hall–Kier alpha value is -2.73. The van der Waals surface area contributed by atoms with Gasteiger partial charge in [-0.2, -0.15) is 0 Å². The van der Waals surface area contributed by atoms with Crippen molar-refractivity contribution in [2.75, 3.05) is 43.6 Å². The number of rotatable bonds is 4. The monoisotopic (exact) mass is 349 g/mol. The number of hydrogen-bond donors (Lipinski definition) is 1. The van der Waals surface area contributed by atoms with Crippen molar-refractivity contribution >= 4 is 22.5 Å². The van der Waals surface area contributed by atoms with Crippen molar-refractivity contribution in [3.05, 3.63) is 42.7 Å². The van der Waals surface area contributed by atoms with Crippen LogP contribution < -0.4 is 9.80 Å². The lowest BCUT2D eigenvalue weighted by molar-refractivity contribution is 0.238. The summed E-state index contributed by atoms with van der Waals surface area (Å²) in [6, 6.07) is 10.4. The zero-order valence-corrected chi connectivity index (χ0v) is 15.1. The molecule has 0 amide bonds. The highest BCUT2D eigenvalue weighted by atomic mass is 16.3. The molecule has 1 fully saturated rings. The van der Waals surface area contributed by atoms with Crippen LogP contribution >= 0.6 is 0 Å². The van der Waals surface area contributed by atoms with Gasteiger partial charge in [-0.1, -0.05) is 12.1 Å². The topological polar surface area (TPSA) is 65.4 Å². The molecule has 26 heavy (non-hydrogen) atoms. The Balaban J connectivity index is 1.79. The van der Waals surface area contributed by atoms with Crippen LogP contribution in [-0.4, -0.2) is 53.9 Å².